The number of carboxylic acid groups (broad SMARTS) is 2. The average Bonchev–Trinajstić information content (AvgIpc) is 2.04. The monoisotopic (exact) mass is 174 g/mol. The molecule has 5 heteroatoms. The molecule has 0 rings (SSSR count). The fourth-order valence-electron chi connectivity index (χ4n) is 0.0873. The second kappa shape index (κ2) is 7.33. The molecule has 12 heavy (non-hydrogen) atoms. The Morgan fingerprint density at radius 1 is 1.42 bits per heavy atom. The first-order valence-electron chi connectivity index (χ1n) is 2.77. The van der Waals surface area contributed by atoms with Gasteiger partial charge in [-0.3, -0.25) is 0 Å². The summed E-state index contributed by atoms with van der Waals surface area (Å²) in [6.07, 6.45) is 0.833. The van der Waals surface area contributed by atoms with Gasteiger partial charge in [-0.1, -0.05) is 6.58 Å². The van der Waals surface area contributed by atoms with Gasteiger partial charge < -0.3 is 14.9 Å². The van der Waals surface area contributed by atoms with Crippen molar-refractivity contribution in [2.75, 3.05) is 7.11 Å². The maximum absolute atomic E-state index is 9.71. The largest absolute Gasteiger partial charge is 0.490 e. The molecular formula is C7H10O5. The van der Waals surface area contributed by atoms with Gasteiger partial charge in [0.25, 0.3) is 0 Å². The Morgan fingerprint density at radius 3 is 1.75 bits per heavy atom. The van der Waals surface area contributed by atoms with Gasteiger partial charge in [0.2, 0.25) is 0 Å². The van der Waals surface area contributed by atoms with Crippen molar-refractivity contribution < 1.29 is 24.5 Å². The van der Waals surface area contributed by atoms with Crippen molar-refractivity contribution in [2.45, 2.75) is 0 Å². The highest BCUT2D eigenvalue weighted by atomic mass is 16.5. The first kappa shape index (κ1) is 12.9. The summed E-state index contributed by atoms with van der Waals surface area (Å²) >= 11 is 0. The normalized spacial score (nSPS) is 7.08. The van der Waals surface area contributed by atoms with Crippen LogP contribution < -0.4 is 0 Å². The topological polar surface area (TPSA) is 83.8 Å². The van der Waals surface area contributed by atoms with Crippen molar-refractivity contribution >= 4 is 11.9 Å². The van der Waals surface area contributed by atoms with Crippen molar-refractivity contribution in [1.29, 1.82) is 0 Å². The molecule has 0 aliphatic rings. The molecule has 68 valence electrons. The lowest BCUT2D eigenvalue weighted by Gasteiger charge is -1.92. The molecule has 0 amide bonds. The SMILES string of the molecule is C=C(OC)C(=O)O.C=CC(=O)O. The molecule has 0 aromatic carbocycles. The van der Waals surface area contributed by atoms with E-state index < -0.39 is 11.9 Å². The van der Waals surface area contributed by atoms with Crippen molar-refractivity contribution in [3.8, 4) is 0 Å². The van der Waals surface area contributed by atoms with E-state index in [-0.39, 0.29) is 5.76 Å². The molecule has 0 aromatic rings. The van der Waals surface area contributed by atoms with Crippen molar-refractivity contribution in [3.63, 3.8) is 0 Å². The number of carboxylic acids is 2. The molecule has 0 aliphatic heterocycles. The second-order valence-corrected chi connectivity index (χ2v) is 1.47. The van der Waals surface area contributed by atoms with Gasteiger partial charge in [-0.15, -0.1) is 0 Å². The molecule has 0 heterocycles. The highest BCUT2D eigenvalue weighted by Gasteiger charge is 1.98. The minimum atomic E-state index is -1.12. The van der Waals surface area contributed by atoms with E-state index in [1.807, 2.05) is 0 Å². The molecule has 2 N–H and O–H groups in total. The Bertz CT molecular complexity index is 194. The van der Waals surface area contributed by atoms with Crippen LogP contribution in [0.3, 0.4) is 0 Å². The summed E-state index contributed by atoms with van der Waals surface area (Å²) in [5.41, 5.74) is 0. The molecule has 0 bridgehead atoms. The van der Waals surface area contributed by atoms with E-state index in [1.165, 1.54) is 7.11 Å². The van der Waals surface area contributed by atoms with Crippen LogP contribution >= 0.6 is 0 Å². The Hall–Kier alpha value is -1.78. The molecule has 0 saturated carbocycles. The summed E-state index contributed by atoms with van der Waals surface area (Å²) in [6, 6.07) is 0. The summed E-state index contributed by atoms with van der Waals surface area (Å²) < 4.78 is 4.22. The van der Waals surface area contributed by atoms with Crippen LogP contribution in [-0.2, 0) is 14.3 Å². The van der Waals surface area contributed by atoms with Crippen LogP contribution in [0.15, 0.2) is 25.0 Å². The zero-order chi connectivity index (χ0) is 10.1. The lowest BCUT2D eigenvalue weighted by molar-refractivity contribution is -0.136. The van der Waals surface area contributed by atoms with Crippen LogP contribution in [0.25, 0.3) is 0 Å². The quantitative estimate of drug-likeness (QED) is 0.480. The van der Waals surface area contributed by atoms with Gasteiger partial charge >= 0.3 is 11.9 Å². The lowest BCUT2D eigenvalue weighted by Crippen LogP contribution is -1.99. The lowest BCUT2D eigenvalue weighted by atomic mass is 10.6. The number of carbonyl (C=O) groups is 2. The van der Waals surface area contributed by atoms with Gasteiger partial charge in [0.1, 0.15) is 0 Å². The van der Waals surface area contributed by atoms with E-state index in [0.29, 0.717) is 0 Å². The van der Waals surface area contributed by atoms with Crippen molar-refractivity contribution in [3.05, 3.63) is 25.0 Å². The first-order chi connectivity index (χ1) is 5.45. The van der Waals surface area contributed by atoms with E-state index in [4.69, 9.17) is 10.2 Å². The van der Waals surface area contributed by atoms with Gasteiger partial charge in [-0.05, 0) is 6.58 Å². The maximum Gasteiger partial charge on any atom is 0.370 e. The molecule has 0 radical (unpaired) electrons. The minimum absolute atomic E-state index is 0.236. The van der Waals surface area contributed by atoms with Crippen LogP contribution in [0.5, 0.6) is 0 Å². The third-order valence-corrected chi connectivity index (χ3v) is 0.660. The van der Waals surface area contributed by atoms with Crippen LogP contribution in [0.1, 0.15) is 0 Å². The number of rotatable bonds is 3. The summed E-state index contributed by atoms with van der Waals surface area (Å²) in [5, 5.41) is 15.6. The van der Waals surface area contributed by atoms with Crippen LogP contribution in [0, 0.1) is 0 Å². The van der Waals surface area contributed by atoms with Crippen molar-refractivity contribution in [2.24, 2.45) is 0 Å². The molecule has 0 saturated heterocycles. The maximum atomic E-state index is 9.71. The number of methoxy groups -OCH3 is 1. The number of hydrogen-bond acceptors (Lipinski definition) is 3. The molecular weight excluding hydrogens is 164 g/mol. The third-order valence-electron chi connectivity index (χ3n) is 0.660. The Labute approximate surface area is 69.6 Å². The van der Waals surface area contributed by atoms with E-state index in [1.54, 1.807) is 0 Å². The summed E-state index contributed by atoms with van der Waals surface area (Å²) in [5.74, 6) is -2.34. The Morgan fingerprint density at radius 2 is 1.75 bits per heavy atom. The van der Waals surface area contributed by atoms with E-state index in [0.717, 1.165) is 6.08 Å². The smallest absolute Gasteiger partial charge is 0.370 e. The zero-order valence-electron chi connectivity index (χ0n) is 6.61. The van der Waals surface area contributed by atoms with Crippen molar-refractivity contribution in [1.82, 2.24) is 0 Å². The Kier molecular flexibility index (Phi) is 7.85. The zero-order valence-corrected chi connectivity index (χ0v) is 6.61. The third kappa shape index (κ3) is 11.1. The number of ether oxygens (including phenoxy) is 1. The first-order valence-corrected chi connectivity index (χ1v) is 2.77. The van der Waals surface area contributed by atoms with E-state index >= 15 is 0 Å². The van der Waals surface area contributed by atoms with Gasteiger partial charge in [0.05, 0.1) is 7.11 Å². The molecule has 0 atom stereocenters. The highest BCUT2D eigenvalue weighted by molar-refractivity contribution is 5.83. The number of hydrogen-bond donors (Lipinski definition) is 2. The average molecular weight is 174 g/mol. The molecule has 0 unspecified atom stereocenters. The molecule has 0 spiro atoms. The van der Waals surface area contributed by atoms with Gasteiger partial charge in [0, 0.05) is 6.08 Å². The predicted octanol–water partition coefficient (Wildman–Crippen LogP) is 0.488. The fraction of sp³-hybridized carbons (Fsp3) is 0.143. The molecule has 0 aromatic heterocycles. The van der Waals surface area contributed by atoms with Gasteiger partial charge in [0.15, 0.2) is 5.76 Å². The van der Waals surface area contributed by atoms with Gasteiger partial charge in [-0.2, -0.15) is 0 Å². The molecule has 0 aliphatic carbocycles. The Balaban J connectivity index is 0. The summed E-state index contributed by atoms with van der Waals surface area (Å²) in [6.45, 7) is 6.01. The highest BCUT2D eigenvalue weighted by Crippen LogP contribution is 1.86. The second-order valence-electron chi connectivity index (χ2n) is 1.47. The molecule has 5 nitrogen and oxygen atoms in total. The minimum Gasteiger partial charge on any atom is -0.490 e. The van der Waals surface area contributed by atoms with Crippen LogP contribution in [0.4, 0.5) is 0 Å². The standard InChI is InChI=1S/C4H6O3.C3H4O2/c1-3(7-2)4(5)6;1-2-3(4)5/h1H2,2H3,(H,5,6);2H,1H2,(H,4,5). The fourth-order valence-corrected chi connectivity index (χ4v) is 0.0873. The van der Waals surface area contributed by atoms with Crippen LogP contribution in [0.2, 0.25) is 0 Å². The van der Waals surface area contributed by atoms with E-state index in [2.05, 4.69) is 17.9 Å². The number of aliphatic carboxylic acids is 2. The predicted molar refractivity (Wildman–Crippen MR) is 41.6 cm³/mol. The van der Waals surface area contributed by atoms with E-state index in [9.17, 15) is 9.59 Å². The summed E-state index contributed by atoms with van der Waals surface area (Å²) in [4.78, 5) is 19.0. The van der Waals surface area contributed by atoms with Crippen LogP contribution in [-0.4, -0.2) is 29.3 Å². The molecule has 0 fully saturated rings. The van der Waals surface area contributed by atoms with Gasteiger partial charge in [-0.25, -0.2) is 9.59 Å². The summed E-state index contributed by atoms with van der Waals surface area (Å²) in [7, 11) is 1.26.